The number of nitrogens with one attached hydrogen (secondary N) is 1. The van der Waals surface area contributed by atoms with Crippen molar-refractivity contribution in [2.45, 2.75) is 47.1 Å². The molecule has 0 saturated carbocycles. The van der Waals surface area contributed by atoms with Crippen LogP contribution in [0.3, 0.4) is 0 Å². The number of fused-ring (bicyclic) bond motifs is 2. The maximum absolute atomic E-state index is 13.9. The van der Waals surface area contributed by atoms with Gasteiger partial charge in [-0.05, 0) is 49.1 Å². The maximum atomic E-state index is 13.9. The smallest absolute Gasteiger partial charge is 0.310 e. The van der Waals surface area contributed by atoms with Gasteiger partial charge in [0.15, 0.2) is 0 Å². The van der Waals surface area contributed by atoms with Gasteiger partial charge >= 0.3 is 5.97 Å². The number of aliphatic hydroxyl groups is 1. The van der Waals surface area contributed by atoms with E-state index in [-0.39, 0.29) is 41.1 Å². The predicted octanol–water partition coefficient (Wildman–Crippen LogP) is 3.58. The number of hydrogen-bond donors (Lipinski definition) is 2. The predicted molar refractivity (Wildman–Crippen MR) is 139 cm³/mol. The molecule has 2 aromatic rings. The number of amides is 2. The van der Waals surface area contributed by atoms with E-state index < -0.39 is 22.6 Å². The number of aliphatic hydroxyl groups excluding tert-OH is 1. The third-order valence-electron chi connectivity index (χ3n) is 7.42. The van der Waals surface area contributed by atoms with Crippen molar-refractivity contribution >= 4 is 61.9 Å². The maximum Gasteiger partial charge on any atom is 0.310 e. The third-order valence-corrected chi connectivity index (χ3v) is 10.6. The summed E-state index contributed by atoms with van der Waals surface area (Å²) in [6.07, 6.45) is 1.75. The van der Waals surface area contributed by atoms with Crippen molar-refractivity contribution in [3.8, 4) is 0 Å². The molecule has 6 atom stereocenters. The van der Waals surface area contributed by atoms with E-state index in [0.717, 1.165) is 10.8 Å². The van der Waals surface area contributed by atoms with Gasteiger partial charge in [-0.3, -0.25) is 14.4 Å². The number of nitrogens with zero attached hydrogens (tertiary/aromatic N) is 1. The van der Waals surface area contributed by atoms with Crippen LogP contribution in [0.4, 0.5) is 5.69 Å². The summed E-state index contributed by atoms with van der Waals surface area (Å²) in [5, 5.41) is 14.3. The first-order valence-corrected chi connectivity index (χ1v) is 13.9. The van der Waals surface area contributed by atoms with Gasteiger partial charge in [0, 0.05) is 28.9 Å². The first kappa shape index (κ1) is 24.6. The number of alkyl halides is 1. The van der Waals surface area contributed by atoms with E-state index >= 15 is 0 Å². The molecule has 0 aliphatic carbocycles. The number of likely N-dealkylation sites (tertiary alicyclic amines) is 1. The Morgan fingerprint density at radius 3 is 2.74 bits per heavy atom. The Morgan fingerprint density at radius 1 is 1.23 bits per heavy atom. The van der Waals surface area contributed by atoms with Crippen LogP contribution >= 0.6 is 27.7 Å². The van der Waals surface area contributed by atoms with Crippen LogP contribution in [0, 0.1) is 11.8 Å². The number of esters is 1. The second kappa shape index (κ2) is 9.75. The van der Waals surface area contributed by atoms with Crippen LogP contribution in [0.15, 0.2) is 42.5 Å². The summed E-state index contributed by atoms with van der Waals surface area (Å²) < 4.78 is 4.67. The monoisotopic (exact) mass is 560 g/mol. The van der Waals surface area contributed by atoms with Crippen molar-refractivity contribution in [1.82, 2.24) is 4.90 Å². The van der Waals surface area contributed by atoms with Gasteiger partial charge in [0.2, 0.25) is 11.8 Å². The molecule has 186 valence electrons. The summed E-state index contributed by atoms with van der Waals surface area (Å²) in [4.78, 5) is 42.3. The molecular formula is C26H29BrN2O5S. The van der Waals surface area contributed by atoms with Crippen LogP contribution in [0.2, 0.25) is 0 Å². The first-order valence-electron chi connectivity index (χ1n) is 12.1. The van der Waals surface area contributed by atoms with Gasteiger partial charge in [0.05, 0.1) is 23.2 Å². The van der Waals surface area contributed by atoms with Crippen molar-refractivity contribution < 1.29 is 24.2 Å². The van der Waals surface area contributed by atoms with E-state index in [2.05, 4.69) is 21.2 Å². The van der Waals surface area contributed by atoms with Crippen molar-refractivity contribution in [2.75, 3.05) is 25.1 Å². The molecule has 3 fully saturated rings. The minimum absolute atomic E-state index is 0.0133. The van der Waals surface area contributed by atoms with Crippen LogP contribution < -0.4 is 5.32 Å². The fourth-order valence-electron chi connectivity index (χ4n) is 6.05. The van der Waals surface area contributed by atoms with E-state index in [1.807, 2.05) is 42.5 Å². The summed E-state index contributed by atoms with van der Waals surface area (Å²) in [7, 11) is 0. The Hall–Kier alpha value is -2.10. The summed E-state index contributed by atoms with van der Waals surface area (Å²) in [5.74, 6) is -1.93. The molecule has 35 heavy (non-hydrogen) atoms. The molecule has 0 aromatic heterocycles. The van der Waals surface area contributed by atoms with Crippen molar-refractivity contribution in [3.63, 3.8) is 0 Å². The molecule has 2 N–H and O–H groups in total. The van der Waals surface area contributed by atoms with Crippen LogP contribution in [0.1, 0.15) is 26.2 Å². The molecule has 3 heterocycles. The Bertz CT molecular complexity index is 1160. The lowest BCUT2D eigenvalue weighted by molar-refractivity contribution is -0.153. The molecule has 0 radical (unpaired) electrons. The number of benzene rings is 2. The van der Waals surface area contributed by atoms with Crippen LogP contribution in [0.5, 0.6) is 0 Å². The van der Waals surface area contributed by atoms with E-state index in [1.54, 1.807) is 23.6 Å². The highest BCUT2D eigenvalue weighted by molar-refractivity contribution is 9.09. The molecular weight excluding hydrogens is 532 g/mol. The van der Waals surface area contributed by atoms with Gasteiger partial charge in [-0.15, -0.1) is 11.8 Å². The minimum atomic E-state index is -0.709. The lowest BCUT2D eigenvalue weighted by Crippen LogP contribution is -2.52. The second-order valence-electron chi connectivity index (χ2n) is 9.43. The molecule has 9 heteroatoms. The average Bonchev–Trinajstić information content (AvgIpc) is 3.43. The van der Waals surface area contributed by atoms with Gasteiger partial charge in [-0.25, -0.2) is 0 Å². The topological polar surface area (TPSA) is 95.9 Å². The molecule has 2 aromatic carbocycles. The van der Waals surface area contributed by atoms with Gasteiger partial charge in [0.25, 0.3) is 0 Å². The highest BCUT2D eigenvalue weighted by Gasteiger charge is 2.75. The molecule has 3 aliphatic rings. The number of carbonyl (C=O) groups is 3. The normalized spacial score (nSPS) is 31.1. The van der Waals surface area contributed by atoms with E-state index in [9.17, 15) is 19.5 Å². The Morgan fingerprint density at radius 2 is 2.00 bits per heavy atom. The van der Waals surface area contributed by atoms with Gasteiger partial charge in [-0.2, -0.15) is 0 Å². The number of carbonyl (C=O) groups excluding carboxylic acids is 3. The SMILES string of the molecule is CCOC(=O)[C@H]1[C@H]2C(=O)N(CCCCO)C(C(=O)Nc3ccc4ccccc4c3)C23CC(Br)[C@@H]1S3. The van der Waals surface area contributed by atoms with Crippen molar-refractivity contribution in [3.05, 3.63) is 42.5 Å². The highest BCUT2D eigenvalue weighted by atomic mass is 79.9. The number of anilines is 1. The molecule has 1 spiro atoms. The zero-order valence-electron chi connectivity index (χ0n) is 19.5. The summed E-state index contributed by atoms with van der Waals surface area (Å²) >= 11 is 5.33. The molecule has 2 amide bonds. The molecule has 3 saturated heterocycles. The average molecular weight is 561 g/mol. The van der Waals surface area contributed by atoms with Crippen molar-refractivity contribution in [2.24, 2.45) is 11.8 Å². The highest BCUT2D eigenvalue weighted by Crippen LogP contribution is 2.67. The Labute approximate surface area is 217 Å². The molecule has 3 aliphatic heterocycles. The summed E-state index contributed by atoms with van der Waals surface area (Å²) in [6.45, 7) is 2.40. The van der Waals surface area contributed by atoms with Gasteiger partial charge in [-0.1, -0.05) is 46.3 Å². The number of rotatable bonds is 8. The second-order valence-corrected chi connectivity index (χ2v) is 12.1. The van der Waals surface area contributed by atoms with E-state index in [4.69, 9.17) is 4.74 Å². The summed E-state index contributed by atoms with van der Waals surface area (Å²) in [6, 6.07) is 13.0. The van der Waals surface area contributed by atoms with Crippen molar-refractivity contribution in [1.29, 1.82) is 0 Å². The lowest BCUT2D eigenvalue weighted by atomic mass is 9.71. The number of halogens is 1. The third kappa shape index (κ3) is 4.05. The standard InChI is InChI=1S/C26H29BrN2O5S/c1-2-34-25(33)19-20-24(32)29(11-5-6-12-30)22(26(20)14-18(27)21(19)35-26)23(31)28-17-10-9-15-7-3-4-8-16(15)13-17/h3-4,7-10,13,18-22,30H,2,5-6,11-12,14H2,1H3,(H,28,31)/t18?,19-,20-,21-,22?,26?/m0/s1. The van der Waals surface area contributed by atoms with Crippen LogP contribution in [0.25, 0.3) is 10.8 Å². The summed E-state index contributed by atoms with van der Waals surface area (Å²) in [5.41, 5.74) is 0.672. The fraction of sp³-hybridized carbons (Fsp3) is 0.500. The number of ether oxygens (including phenoxy) is 1. The first-order chi connectivity index (χ1) is 16.9. The van der Waals surface area contributed by atoms with Gasteiger partial charge in [0.1, 0.15) is 6.04 Å². The quantitative estimate of drug-likeness (QED) is 0.291. The Balaban J connectivity index is 1.49. The fourth-order valence-corrected chi connectivity index (χ4v) is 9.65. The molecule has 7 nitrogen and oxygen atoms in total. The Kier molecular flexibility index (Phi) is 6.85. The largest absolute Gasteiger partial charge is 0.466 e. The number of hydrogen-bond acceptors (Lipinski definition) is 6. The van der Waals surface area contributed by atoms with Crippen LogP contribution in [-0.4, -0.2) is 68.4 Å². The van der Waals surface area contributed by atoms with Crippen LogP contribution in [-0.2, 0) is 19.1 Å². The lowest BCUT2D eigenvalue weighted by Gasteiger charge is -2.35. The molecule has 3 unspecified atom stereocenters. The number of unbranched alkanes of at least 4 members (excludes halogenated alkanes) is 1. The van der Waals surface area contributed by atoms with E-state index in [1.165, 1.54) is 0 Å². The zero-order valence-corrected chi connectivity index (χ0v) is 21.9. The number of thioether (sulfide) groups is 1. The molecule has 5 rings (SSSR count). The van der Waals surface area contributed by atoms with E-state index in [0.29, 0.717) is 31.5 Å². The van der Waals surface area contributed by atoms with Gasteiger partial charge < -0.3 is 20.1 Å². The zero-order chi connectivity index (χ0) is 24.7. The minimum Gasteiger partial charge on any atom is -0.466 e. The molecule has 2 bridgehead atoms.